The molecule has 5 aromatic rings. The standard InChI is InChI=1S/C40H37F3N2O7/c1-38(37(44)47)22-50-35-29(38)16-32-36(52-40(42,43)51-32)34(35)28-14-26-15-33(39(12-13-39)23-49-20-25-10-6-3-7-11-25)45(31(26)17-30(28)41)18-27(46)21-48-19-24-8-4-2-5-9-24/h2-11,14-17,27,46H,12-13,18-23H2,1H3,(H2,44,47)/t27-,38?/m1/s1. The van der Waals surface area contributed by atoms with Gasteiger partial charge in [-0.1, -0.05) is 60.7 Å². The van der Waals surface area contributed by atoms with Crippen molar-refractivity contribution in [1.82, 2.24) is 4.57 Å². The van der Waals surface area contributed by atoms with E-state index in [1.165, 1.54) is 19.1 Å². The fourth-order valence-electron chi connectivity index (χ4n) is 7.20. The van der Waals surface area contributed by atoms with Gasteiger partial charge >= 0.3 is 6.29 Å². The van der Waals surface area contributed by atoms with E-state index >= 15 is 4.39 Å². The predicted molar refractivity (Wildman–Crippen MR) is 185 cm³/mol. The Balaban J connectivity index is 1.18. The molecule has 0 radical (unpaired) electrons. The highest BCUT2D eigenvalue weighted by Crippen LogP contribution is 2.58. The summed E-state index contributed by atoms with van der Waals surface area (Å²) in [6, 6.07) is 25.5. The summed E-state index contributed by atoms with van der Waals surface area (Å²) >= 11 is 0. The summed E-state index contributed by atoms with van der Waals surface area (Å²) in [5, 5.41) is 11.8. The van der Waals surface area contributed by atoms with Crippen molar-refractivity contribution in [1.29, 1.82) is 0 Å². The Morgan fingerprint density at radius 1 is 0.942 bits per heavy atom. The first kappa shape index (κ1) is 34.1. The molecule has 0 spiro atoms. The maximum atomic E-state index is 16.5. The van der Waals surface area contributed by atoms with E-state index in [1.54, 1.807) is 6.07 Å². The van der Waals surface area contributed by atoms with Gasteiger partial charge in [-0.15, -0.1) is 8.78 Å². The third kappa shape index (κ3) is 6.14. The first-order chi connectivity index (χ1) is 25.0. The van der Waals surface area contributed by atoms with Crippen LogP contribution in [0.5, 0.6) is 17.2 Å². The van der Waals surface area contributed by atoms with Crippen LogP contribution in [0, 0.1) is 5.82 Å². The SMILES string of the molecule is CC1(C(N)=O)COc2c1cc1c(c2-c2cc3cc(C4(COCc5ccccc5)CC4)n(C[C@@H](O)COCc4ccccc4)c3cc2F)OC(F)(F)O1. The normalized spacial score (nSPS) is 19.7. The number of alkyl halides is 2. The van der Waals surface area contributed by atoms with Crippen LogP contribution in [0.4, 0.5) is 13.2 Å². The number of carbonyl (C=O) groups excluding carboxylic acids is 1. The summed E-state index contributed by atoms with van der Waals surface area (Å²) in [5.74, 6) is -2.26. The van der Waals surface area contributed by atoms with E-state index in [-0.39, 0.29) is 47.9 Å². The van der Waals surface area contributed by atoms with Crippen LogP contribution in [0.1, 0.15) is 42.1 Å². The Hall–Kier alpha value is -5.04. The molecule has 270 valence electrons. The van der Waals surface area contributed by atoms with E-state index in [9.17, 15) is 18.7 Å². The average Bonchev–Trinajstić information content (AvgIpc) is 3.57. The lowest BCUT2D eigenvalue weighted by Crippen LogP contribution is -2.39. The first-order valence-corrected chi connectivity index (χ1v) is 17.1. The van der Waals surface area contributed by atoms with Gasteiger partial charge in [0, 0.05) is 27.6 Å². The number of rotatable bonds is 13. The minimum absolute atomic E-state index is 0.0122. The number of nitrogens with zero attached hydrogens (tertiary/aromatic N) is 1. The lowest BCUT2D eigenvalue weighted by atomic mass is 9.82. The van der Waals surface area contributed by atoms with Gasteiger partial charge in [0.25, 0.3) is 0 Å². The molecule has 8 rings (SSSR count). The zero-order valence-electron chi connectivity index (χ0n) is 28.4. The van der Waals surface area contributed by atoms with Gasteiger partial charge < -0.3 is 39.1 Å². The number of nitrogens with two attached hydrogens (primary N) is 1. The second-order valence-electron chi connectivity index (χ2n) is 14.1. The molecule has 1 aliphatic carbocycles. The number of benzene rings is 4. The molecule has 1 unspecified atom stereocenters. The van der Waals surface area contributed by atoms with E-state index in [0.29, 0.717) is 30.7 Å². The summed E-state index contributed by atoms with van der Waals surface area (Å²) in [6.07, 6.45) is -3.33. The highest BCUT2D eigenvalue weighted by molar-refractivity contribution is 5.95. The van der Waals surface area contributed by atoms with Crippen molar-refractivity contribution in [3.8, 4) is 28.4 Å². The monoisotopic (exact) mass is 714 g/mol. The van der Waals surface area contributed by atoms with Crippen molar-refractivity contribution >= 4 is 16.8 Å². The Labute approximate surface area is 297 Å². The number of hydrogen-bond donors (Lipinski definition) is 2. The molecule has 3 N–H and O–H groups in total. The Morgan fingerprint density at radius 3 is 2.27 bits per heavy atom. The molecule has 0 saturated heterocycles. The molecular weight excluding hydrogens is 677 g/mol. The average molecular weight is 715 g/mol. The molecule has 1 saturated carbocycles. The number of aliphatic hydroxyl groups is 1. The topological polar surface area (TPSA) is 114 Å². The molecule has 3 heterocycles. The van der Waals surface area contributed by atoms with Crippen molar-refractivity contribution in [2.24, 2.45) is 5.73 Å². The molecule has 1 aromatic heterocycles. The fraction of sp³-hybridized carbons (Fsp3) is 0.325. The number of ether oxygens (including phenoxy) is 5. The molecule has 0 bridgehead atoms. The van der Waals surface area contributed by atoms with Crippen molar-refractivity contribution in [2.45, 2.75) is 62.8 Å². The second-order valence-corrected chi connectivity index (χ2v) is 14.1. The van der Waals surface area contributed by atoms with Gasteiger partial charge in [-0.3, -0.25) is 4.79 Å². The molecule has 9 nitrogen and oxygen atoms in total. The van der Waals surface area contributed by atoms with Crippen LogP contribution in [0.15, 0.2) is 84.9 Å². The number of aromatic nitrogens is 1. The van der Waals surface area contributed by atoms with Crippen LogP contribution in [0.3, 0.4) is 0 Å². The molecule has 3 aliphatic rings. The quantitative estimate of drug-likeness (QED) is 0.139. The van der Waals surface area contributed by atoms with E-state index < -0.39 is 40.7 Å². The van der Waals surface area contributed by atoms with Gasteiger partial charge in [-0.25, -0.2) is 4.39 Å². The fourth-order valence-corrected chi connectivity index (χ4v) is 7.20. The maximum Gasteiger partial charge on any atom is 0.586 e. The van der Waals surface area contributed by atoms with Gasteiger partial charge in [0.2, 0.25) is 5.91 Å². The van der Waals surface area contributed by atoms with Crippen LogP contribution in [0.25, 0.3) is 22.0 Å². The van der Waals surface area contributed by atoms with Gasteiger partial charge in [-0.05, 0) is 55.2 Å². The molecule has 2 aliphatic heterocycles. The van der Waals surface area contributed by atoms with E-state index in [1.807, 2.05) is 71.3 Å². The van der Waals surface area contributed by atoms with Crippen molar-refractivity contribution in [3.05, 3.63) is 113 Å². The first-order valence-electron chi connectivity index (χ1n) is 17.1. The number of carbonyl (C=O) groups is 1. The smallest absolute Gasteiger partial charge is 0.491 e. The molecule has 4 aromatic carbocycles. The Kier molecular flexibility index (Phi) is 8.43. The largest absolute Gasteiger partial charge is 0.586 e. The van der Waals surface area contributed by atoms with Crippen molar-refractivity contribution in [3.63, 3.8) is 0 Å². The number of aliphatic hydroxyl groups excluding tert-OH is 1. The van der Waals surface area contributed by atoms with Crippen LogP contribution >= 0.6 is 0 Å². The minimum atomic E-state index is -4.02. The summed E-state index contributed by atoms with van der Waals surface area (Å²) in [7, 11) is 0. The van der Waals surface area contributed by atoms with E-state index in [4.69, 9.17) is 29.4 Å². The number of primary amides is 1. The number of halogens is 3. The zero-order chi connectivity index (χ0) is 36.3. The Morgan fingerprint density at radius 2 is 1.62 bits per heavy atom. The minimum Gasteiger partial charge on any atom is -0.491 e. The van der Waals surface area contributed by atoms with Crippen LogP contribution in [-0.4, -0.2) is 47.8 Å². The van der Waals surface area contributed by atoms with Gasteiger partial charge in [0.05, 0.1) is 50.2 Å². The summed E-state index contributed by atoms with van der Waals surface area (Å²) in [6.45, 7) is 2.62. The van der Waals surface area contributed by atoms with Crippen LogP contribution in [-0.2, 0) is 44.9 Å². The molecule has 1 fully saturated rings. The Bertz CT molecular complexity index is 2150. The number of hydrogen-bond acceptors (Lipinski definition) is 7. The zero-order valence-corrected chi connectivity index (χ0v) is 28.4. The van der Waals surface area contributed by atoms with Gasteiger partial charge in [0.15, 0.2) is 11.5 Å². The highest BCUT2D eigenvalue weighted by atomic mass is 19.3. The lowest BCUT2D eigenvalue weighted by Gasteiger charge is -2.22. The molecule has 12 heteroatoms. The summed E-state index contributed by atoms with van der Waals surface area (Å²) in [4.78, 5) is 12.5. The lowest BCUT2D eigenvalue weighted by molar-refractivity contribution is -0.286. The maximum absolute atomic E-state index is 16.5. The van der Waals surface area contributed by atoms with Crippen molar-refractivity contribution in [2.75, 3.05) is 19.8 Å². The number of fused-ring (bicyclic) bond motifs is 3. The summed E-state index contributed by atoms with van der Waals surface area (Å²) < 4.78 is 75.1. The molecule has 52 heavy (non-hydrogen) atoms. The number of amides is 1. The molecule has 1 amide bonds. The van der Waals surface area contributed by atoms with Crippen molar-refractivity contribution < 1.29 is 46.8 Å². The summed E-state index contributed by atoms with van der Waals surface area (Å²) in [5.41, 5.74) is 7.28. The predicted octanol–water partition coefficient (Wildman–Crippen LogP) is 6.73. The molecular formula is C40H37F3N2O7. The highest BCUT2D eigenvalue weighted by Gasteiger charge is 2.51. The third-order valence-corrected chi connectivity index (χ3v) is 10.3. The van der Waals surface area contributed by atoms with Gasteiger partial charge in [-0.2, -0.15) is 0 Å². The molecule has 2 atom stereocenters. The van der Waals surface area contributed by atoms with E-state index in [2.05, 4.69) is 0 Å². The van der Waals surface area contributed by atoms with E-state index in [0.717, 1.165) is 29.7 Å². The van der Waals surface area contributed by atoms with Crippen LogP contribution < -0.4 is 19.9 Å². The second kappa shape index (κ2) is 12.9. The van der Waals surface area contributed by atoms with Crippen LogP contribution in [0.2, 0.25) is 0 Å². The third-order valence-electron chi connectivity index (χ3n) is 10.3. The van der Waals surface area contributed by atoms with Gasteiger partial charge in [0.1, 0.15) is 23.6 Å².